The highest BCUT2D eigenvalue weighted by atomic mass is 79.9. The summed E-state index contributed by atoms with van der Waals surface area (Å²) in [7, 11) is 0. The van der Waals surface area contributed by atoms with Gasteiger partial charge < -0.3 is 10.1 Å². The maximum absolute atomic E-state index is 10.6. The molecule has 0 aliphatic carbocycles. The van der Waals surface area contributed by atoms with Gasteiger partial charge in [-0.1, -0.05) is 39.7 Å². The van der Waals surface area contributed by atoms with Crippen LogP contribution in [0.1, 0.15) is 17.2 Å². The van der Waals surface area contributed by atoms with Gasteiger partial charge in [0.15, 0.2) is 0 Å². The number of aromatic amines is 1. The quantitative estimate of drug-likeness (QED) is 0.701. The first-order valence-electron chi connectivity index (χ1n) is 5.86. The first kappa shape index (κ1) is 12.7. The smallest absolute Gasteiger partial charge is 0.106 e. The van der Waals surface area contributed by atoms with Gasteiger partial charge in [0.2, 0.25) is 0 Å². The molecule has 2 aromatic carbocycles. The molecular weight excluding hydrogens is 326 g/mol. The van der Waals surface area contributed by atoms with Crippen LogP contribution in [0.3, 0.4) is 0 Å². The largest absolute Gasteiger partial charge is 0.384 e. The Morgan fingerprint density at radius 1 is 1.11 bits per heavy atom. The average molecular weight is 337 g/mol. The molecule has 1 aromatic heterocycles. The summed E-state index contributed by atoms with van der Waals surface area (Å²) in [4.78, 5) is 3.14. The van der Waals surface area contributed by atoms with E-state index in [-0.39, 0.29) is 0 Å². The van der Waals surface area contributed by atoms with Crippen molar-refractivity contribution in [2.24, 2.45) is 0 Å². The second kappa shape index (κ2) is 5.00. The van der Waals surface area contributed by atoms with Crippen LogP contribution in [0, 0.1) is 0 Å². The molecule has 3 rings (SSSR count). The van der Waals surface area contributed by atoms with Crippen molar-refractivity contribution in [2.75, 3.05) is 0 Å². The number of aromatic nitrogens is 1. The number of fused-ring (bicyclic) bond motifs is 1. The van der Waals surface area contributed by atoms with Gasteiger partial charge in [0.1, 0.15) is 6.10 Å². The molecule has 96 valence electrons. The maximum atomic E-state index is 10.6. The molecular formula is C15H11BrClNO. The van der Waals surface area contributed by atoms with E-state index in [1.165, 1.54) is 0 Å². The van der Waals surface area contributed by atoms with Gasteiger partial charge in [-0.3, -0.25) is 0 Å². The molecule has 2 nitrogen and oxygen atoms in total. The van der Waals surface area contributed by atoms with Crippen LogP contribution in [0.2, 0.25) is 5.02 Å². The van der Waals surface area contributed by atoms with Crippen molar-refractivity contribution in [3.05, 3.63) is 69.3 Å². The van der Waals surface area contributed by atoms with Crippen LogP contribution in [0.5, 0.6) is 0 Å². The summed E-state index contributed by atoms with van der Waals surface area (Å²) in [6.07, 6.45) is 1.15. The number of hydrogen-bond donors (Lipinski definition) is 2. The minimum Gasteiger partial charge on any atom is -0.384 e. The van der Waals surface area contributed by atoms with Gasteiger partial charge in [0.25, 0.3) is 0 Å². The zero-order chi connectivity index (χ0) is 13.4. The molecule has 0 radical (unpaired) electrons. The van der Waals surface area contributed by atoms with E-state index >= 15 is 0 Å². The molecule has 0 saturated carbocycles. The van der Waals surface area contributed by atoms with E-state index in [0.717, 1.165) is 26.5 Å². The van der Waals surface area contributed by atoms with E-state index in [4.69, 9.17) is 11.6 Å². The highest BCUT2D eigenvalue weighted by Crippen LogP contribution is 2.33. The molecule has 2 N–H and O–H groups in total. The molecule has 19 heavy (non-hydrogen) atoms. The highest BCUT2D eigenvalue weighted by Gasteiger charge is 2.16. The Hall–Kier alpha value is -1.29. The third-order valence-electron chi connectivity index (χ3n) is 3.18. The topological polar surface area (TPSA) is 36.0 Å². The van der Waals surface area contributed by atoms with E-state index in [2.05, 4.69) is 20.9 Å². The van der Waals surface area contributed by atoms with Crippen molar-refractivity contribution in [3.63, 3.8) is 0 Å². The van der Waals surface area contributed by atoms with Gasteiger partial charge in [0, 0.05) is 32.2 Å². The molecule has 0 bridgehead atoms. The lowest BCUT2D eigenvalue weighted by Gasteiger charge is -2.15. The van der Waals surface area contributed by atoms with Crippen LogP contribution >= 0.6 is 27.5 Å². The predicted molar refractivity (Wildman–Crippen MR) is 81.5 cm³/mol. The van der Waals surface area contributed by atoms with Crippen molar-refractivity contribution in [2.45, 2.75) is 6.10 Å². The standard InChI is InChI=1S/C15H11BrClNO/c16-13-5-4-9(17)8-12(13)15(19)11-2-1-3-14-10(11)6-7-18-14/h1-8,15,18-19H. The summed E-state index contributed by atoms with van der Waals surface area (Å²) in [5.41, 5.74) is 2.64. The number of hydrogen-bond acceptors (Lipinski definition) is 1. The second-order valence-electron chi connectivity index (χ2n) is 4.35. The number of rotatable bonds is 2. The van der Waals surface area contributed by atoms with Crippen molar-refractivity contribution in [3.8, 4) is 0 Å². The van der Waals surface area contributed by atoms with Crippen molar-refractivity contribution in [1.82, 2.24) is 4.98 Å². The first-order chi connectivity index (χ1) is 9.16. The molecule has 1 heterocycles. The summed E-state index contributed by atoms with van der Waals surface area (Å²) >= 11 is 9.46. The van der Waals surface area contributed by atoms with Gasteiger partial charge >= 0.3 is 0 Å². The molecule has 1 atom stereocenters. The van der Waals surface area contributed by atoms with E-state index < -0.39 is 6.10 Å². The van der Waals surface area contributed by atoms with Gasteiger partial charge in [-0.15, -0.1) is 0 Å². The van der Waals surface area contributed by atoms with Gasteiger partial charge in [-0.05, 0) is 35.9 Å². The molecule has 3 aromatic rings. The van der Waals surface area contributed by atoms with Crippen LogP contribution in [0.25, 0.3) is 10.9 Å². The number of H-pyrrole nitrogens is 1. The monoisotopic (exact) mass is 335 g/mol. The van der Waals surface area contributed by atoms with E-state index in [1.54, 1.807) is 12.1 Å². The molecule has 0 fully saturated rings. The molecule has 1 unspecified atom stereocenters. The molecule has 0 aliphatic heterocycles. The summed E-state index contributed by atoms with van der Waals surface area (Å²) in [5.74, 6) is 0. The fraction of sp³-hybridized carbons (Fsp3) is 0.0667. The summed E-state index contributed by atoms with van der Waals surface area (Å²) in [5, 5.41) is 12.2. The van der Waals surface area contributed by atoms with Crippen LogP contribution in [0.15, 0.2) is 53.1 Å². The van der Waals surface area contributed by atoms with E-state index in [9.17, 15) is 5.11 Å². The zero-order valence-corrected chi connectivity index (χ0v) is 12.2. The summed E-state index contributed by atoms with van der Waals surface area (Å²) in [6, 6.07) is 13.2. The Bertz CT molecular complexity index is 738. The van der Waals surface area contributed by atoms with Gasteiger partial charge in [0.05, 0.1) is 0 Å². The lowest BCUT2D eigenvalue weighted by atomic mass is 9.98. The number of benzene rings is 2. The Morgan fingerprint density at radius 2 is 1.95 bits per heavy atom. The Morgan fingerprint density at radius 3 is 2.79 bits per heavy atom. The first-order valence-corrected chi connectivity index (χ1v) is 7.03. The molecule has 0 aliphatic rings. The number of nitrogens with one attached hydrogen (secondary N) is 1. The van der Waals surface area contributed by atoms with Crippen LogP contribution in [0.4, 0.5) is 0 Å². The lowest BCUT2D eigenvalue weighted by Crippen LogP contribution is -2.01. The van der Waals surface area contributed by atoms with Crippen molar-refractivity contribution < 1.29 is 5.11 Å². The normalized spacial score (nSPS) is 12.8. The fourth-order valence-electron chi connectivity index (χ4n) is 2.24. The lowest BCUT2D eigenvalue weighted by molar-refractivity contribution is 0.221. The SMILES string of the molecule is OC(c1cc(Cl)ccc1Br)c1cccc2[nH]ccc12. The van der Waals surface area contributed by atoms with Crippen molar-refractivity contribution in [1.29, 1.82) is 0 Å². The third kappa shape index (κ3) is 2.29. The average Bonchev–Trinajstić information content (AvgIpc) is 2.89. The number of aliphatic hydroxyl groups is 1. The van der Waals surface area contributed by atoms with Crippen LogP contribution in [-0.4, -0.2) is 10.1 Å². The van der Waals surface area contributed by atoms with Crippen LogP contribution < -0.4 is 0 Å². The second-order valence-corrected chi connectivity index (χ2v) is 5.65. The molecule has 0 saturated heterocycles. The Kier molecular flexibility index (Phi) is 3.35. The molecule has 0 amide bonds. The molecule has 4 heteroatoms. The highest BCUT2D eigenvalue weighted by molar-refractivity contribution is 9.10. The van der Waals surface area contributed by atoms with Gasteiger partial charge in [-0.2, -0.15) is 0 Å². The number of aliphatic hydroxyl groups excluding tert-OH is 1. The molecule has 0 spiro atoms. The number of halogens is 2. The predicted octanol–water partition coefficient (Wildman–Crippen LogP) is 4.67. The zero-order valence-electron chi connectivity index (χ0n) is 9.90. The van der Waals surface area contributed by atoms with Gasteiger partial charge in [-0.25, -0.2) is 0 Å². The Balaban J connectivity index is 2.15. The summed E-state index contributed by atoms with van der Waals surface area (Å²) < 4.78 is 0.844. The van der Waals surface area contributed by atoms with Crippen LogP contribution in [-0.2, 0) is 0 Å². The van der Waals surface area contributed by atoms with E-state index in [0.29, 0.717) is 5.02 Å². The van der Waals surface area contributed by atoms with E-state index in [1.807, 2.05) is 36.5 Å². The maximum Gasteiger partial charge on any atom is 0.106 e. The third-order valence-corrected chi connectivity index (χ3v) is 4.13. The summed E-state index contributed by atoms with van der Waals surface area (Å²) in [6.45, 7) is 0. The minimum atomic E-state index is -0.715. The Labute approximate surface area is 124 Å². The fourth-order valence-corrected chi connectivity index (χ4v) is 2.88. The minimum absolute atomic E-state index is 0.610. The van der Waals surface area contributed by atoms with Crippen molar-refractivity contribution >= 4 is 38.4 Å².